The van der Waals surface area contributed by atoms with E-state index in [4.69, 9.17) is 4.74 Å². The number of rotatable bonds is 8. The molecule has 0 radical (unpaired) electrons. The summed E-state index contributed by atoms with van der Waals surface area (Å²) in [7, 11) is 5.13. The van der Waals surface area contributed by atoms with E-state index in [2.05, 4.69) is 51.9 Å². The van der Waals surface area contributed by atoms with Crippen molar-refractivity contribution in [3.8, 4) is 5.75 Å². The van der Waals surface area contributed by atoms with Gasteiger partial charge in [-0.3, -0.25) is 4.79 Å². The van der Waals surface area contributed by atoms with Crippen molar-refractivity contribution in [1.82, 2.24) is 20.5 Å². The minimum Gasteiger partial charge on any atom is -0.497 e. The van der Waals surface area contributed by atoms with Gasteiger partial charge in [0.15, 0.2) is 5.96 Å². The molecule has 0 unspecified atom stereocenters. The van der Waals surface area contributed by atoms with Crippen molar-refractivity contribution in [1.29, 1.82) is 0 Å². The molecule has 0 saturated heterocycles. The number of likely N-dealkylation sites (N-methyl/N-ethyl adjacent to an activating group) is 1. The van der Waals surface area contributed by atoms with Gasteiger partial charge in [0.1, 0.15) is 5.75 Å². The van der Waals surface area contributed by atoms with Gasteiger partial charge in [-0.2, -0.15) is 0 Å². The van der Waals surface area contributed by atoms with Crippen LogP contribution < -0.4 is 15.4 Å². The Morgan fingerprint density at radius 2 is 1.90 bits per heavy atom. The number of amides is 1. The quantitative estimate of drug-likeness (QED) is 0.386. The lowest BCUT2D eigenvalue weighted by molar-refractivity contribution is -0.127. The third kappa shape index (κ3) is 6.01. The standard InChI is InChI=1S/C24H31N5O2/c1-17-6-5-7-21-19(15-26-23(17)21)12-13-25-24(28-16-22(30)29(2)3)27-14-18-8-10-20(31-4)11-9-18/h5-11,15,26H,12-14,16H2,1-4H3,(H2,25,27,28). The monoisotopic (exact) mass is 421 g/mol. The van der Waals surface area contributed by atoms with Crippen LogP contribution in [0.2, 0.25) is 0 Å². The van der Waals surface area contributed by atoms with Crippen molar-refractivity contribution in [3.63, 3.8) is 0 Å². The van der Waals surface area contributed by atoms with E-state index < -0.39 is 0 Å². The highest BCUT2D eigenvalue weighted by Crippen LogP contribution is 2.21. The molecule has 0 saturated carbocycles. The van der Waals surface area contributed by atoms with E-state index in [9.17, 15) is 4.79 Å². The molecular weight excluding hydrogens is 390 g/mol. The molecule has 7 heteroatoms. The predicted octanol–water partition coefficient (Wildman–Crippen LogP) is 2.85. The number of aryl methyl sites for hydroxylation is 1. The topological polar surface area (TPSA) is 81.7 Å². The first kappa shape index (κ1) is 22.2. The smallest absolute Gasteiger partial charge is 0.241 e. The van der Waals surface area contributed by atoms with E-state index in [1.54, 1.807) is 26.1 Å². The predicted molar refractivity (Wildman–Crippen MR) is 126 cm³/mol. The molecule has 1 heterocycles. The fourth-order valence-corrected chi connectivity index (χ4v) is 3.28. The Balaban J connectivity index is 1.64. The highest BCUT2D eigenvalue weighted by atomic mass is 16.5. The molecule has 0 fully saturated rings. The number of ether oxygens (including phenoxy) is 1. The number of carbonyl (C=O) groups excluding carboxylic acids is 1. The van der Waals surface area contributed by atoms with E-state index in [-0.39, 0.29) is 12.5 Å². The van der Waals surface area contributed by atoms with Gasteiger partial charge < -0.3 is 25.3 Å². The average molecular weight is 422 g/mol. The molecule has 3 rings (SSSR count). The Bertz CT molecular complexity index is 1040. The van der Waals surface area contributed by atoms with Gasteiger partial charge in [-0.05, 0) is 42.2 Å². The van der Waals surface area contributed by atoms with E-state index in [1.807, 2.05) is 24.3 Å². The maximum atomic E-state index is 12.0. The number of hydrogen-bond donors (Lipinski definition) is 3. The van der Waals surface area contributed by atoms with Crippen molar-refractivity contribution in [2.75, 3.05) is 34.3 Å². The average Bonchev–Trinajstić information content (AvgIpc) is 3.19. The third-order valence-electron chi connectivity index (χ3n) is 5.18. The summed E-state index contributed by atoms with van der Waals surface area (Å²) in [4.78, 5) is 21.6. The summed E-state index contributed by atoms with van der Waals surface area (Å²) in [6, 6.07) is 14.1. The van der Waals surface area contributed by atoms with E-state index >= 15 is 0 Å². The summed E-state index contributed by atoms with van der Waals surface area (Å²) in [6.07, 6.45) is 2.91. The van der Waals surface area contributed by atoms with Crippen molar-refractivity contribution in [2.45, 2.75) is 19.9 Å². The number of aromatic nitrogens is 1. The van der Waals surface area contributed by atoms with Crippen LogP contribution in [0.25, 0.3) is 10.9 Å². The zero-order chi connectivity index (χ0) is 22.2. The number of hydrogen-bond acceptors (Lipinski definition) is 3. The third-order valence-corrected chi connectivity index (χ3v) is 5.18. The maximum absolute atomic E-state index is 12.0. The van der Waals surface area contributed by atoms with Crippen LogP contribution in [0, 0.1) is 6.92 Å². The normalized spacial score (nSPS) is 11.4. The fraction of sp³-hybridized carbons (Fsp3) is 0.333. The van der Waals surface area contributed by atoms with Crippen LogP contribution in [0.5, 0.6) is 5.75 Å². The SMILES string of the molecule is COc1ccc(CN=C(NCCc2c[nH]c3c(C)cccc23)NCC(=O)N(C)C)cc1. The summed E-state index contributed by atoms with van der Waals surface area (Å²) in [5, 5.41) is 7.73. The second kappa shape index (κ2) is 10.5. The molecule has 7 nitrogen and oxygen atoms in total. The summed E-state index contributed by atoms with van der Waals surface area (Å²) in [6.45, 7) is 3.50. The minimum atomic E-state index is -0.00829. The number of methoxy groups -OCH3 is 1. The molecule has 0 spiro atoms. The van der Waals surface area contributed by atoms with Crippen LogP contribution in [0.1, 0.15) is 16.7 Å². The van der Waals surface area contributed by atoms with Crippen molar-refractivity contribution < 1.29 is 9.53 Å². The molecular formula is C24H31N5O2. The zero-order valence-electron chi connectivity index (χ0n) is 18.7. The Hall–Kier alpha value is -3.48. The lowest BCUT2D eigenvalue weighted by Crippen LogP contribution is -2.43. The highest BCUT2D eigenvalue weighted by Gasteiger charge is 2.08. The largest absolute Gasteiger partial charge is 0.497 e. The number of fused-ring (bicyclic) bond motifs is 1. The number of aliphatic imine (C=N–C) groups is 1. The first-order valence-corrected chi connectivity index (χ1v) is 10.4. The van der Waals surface area contributed by atoms with Gasteiger partial charge in [0.05, 0.1) is 20.2 Å². The van der Waals surface area contributed by atoms with Gasteiger partial charge >= 0.3 is 0 Å². The highest BCUT2D eigenvalue weighted by molar-refractivity contribution is 5.87. The van der Waals surface area contributed by atoms with Crippen LogP contribution in [-0.2, 0) is 17.8 Å². The molecule has 164 valence electrons. The van der Waals surface area contributed by atoms with Crippen LogP contribution in [0.15, 0.2) is 53.7 Å². The summed E-state index contributed by atoms with van der Waals surface area (Å²) >= 11 is 0. The molecule has 31 heavy (non-hydrogen) atoms. The van der Waals surface area contributed by atoms with Crippen molar-refractivity contribution >= 4 is 22.8 Å². The second-order valence-electron chi connectivity index (χ2n) is 7.64. The molecule has 2 aromatic carbocycles. The first-order valence-electron chi connectivity index (χ1n) is 10.4. The van der Waals surface area contributed by atoms with Gasteiger partial charge in [-0.25, -0.2) is 4.99 Å². The van der Waals surface area contributed by atoms with E-state index in [0.717, 1.165) is 17.7 Å². The second-order valence-corrected chi connectivity index (χ2v) is 7.64. The maximum Gasteiger partial charge on any atom is 0.241 e. The van der Waals surface area contributed by atoms with Gasteiger partial charge in [-0.15, -0.1) is 0 Å². The van der Waals surface area contributed by atoms with Crippen LogP contribution in [0.4, 0.5) is 0 Å². The van der Waals surface area contributed by atoms with Gasteiger partial charge in [-0.1, -0.05) is 30.3 Å². The number of nitrogens with one attached hydrogen (secondary N) is 3. The summed E-state index contributed by atoms with van der Waals surface area (Å²) < 4.78 is 5.20. The number of guanidine groups is 1. The Morgan fingerprint density at radius 3 is 2.61 bits per heavy atom. The van der Waals surface area contributed by atoms with E-state index in [1.165, 1.54) is 22.0 Å². The molecule has 1 aromatic heterocycles. The molecule has 0 aliphatic carbocycles. The molecule has 0 atom stereocenters. The fourth-order valence-electron chi connectivity index (χ4n) is 3.28. The molecule has 1 amide bonds. The van der Waals surface area contributed by atoms with Crippen LogP contribution in [0.3, 0.4) is 0 Å². The van der Waals surface area contributed by atoms with Gasteiger partial charge in [0.25, 0.3) is 0 Å². The molecule has 0 aliphatic heterocycles. The van der Waals surface area contributed by atoms with Crippen LogP contribution >= 0.6 is 0 Å². The van der Waals surface area contributed by atoms with Crippen molar-refractivity contribution in [3.05, 3.63) is 65.4 Å². The molecule has 3 aromatic rings. The molecule has 0 bridgehead atoms. The minimum absolute atomic E-state index is 0.00829. The Kier molecular flexibility index (Phi) is 7.54. The first-order chi connectivity index (χ1) is 15.0. The molecule has 0 aliphatic rings. The van der Waals surface area contributed by atoms with Gasteiger partial charge in [0.2, 0.25) is 5.91 Å². The number of nitrogens with zero attached hydrogens (tertiary/aromatic N) is 2. The number of aromatic amines is 1. The Labute approximate surface area is 183 Å². The lowest BCUT2D eigenvalue weighted by atomic mass is 10.1. The van der Waals surface area contributed by atoms with Gasteiger partial charge in [0, 0.05) is 37.7 Å². The number of benzene rings is 2. The summed E-state index contributed by atoms with van der Waals surface area (Å²) in [5.41, 5.74) is 4.74. The van der Waals surface area contributed by atoms with E-state index in [0.29, 0.717) is 19.0 Å². The lowest BCUT2D eigenvalue weighted by Gasteiger charge is -2.15. The summed E-state index contributed by atoms with van der Waals surface area (Å²) in [5.74, 6) is 1.42. The number of carbonyl (C=O) groups is 1. The zero-order valence-corrected chi connectivity index (χ0v) is 18.7. The Morgan fingerprint density at radius 1 is 1.13 bits per heavy atom. The van der Waals surface area contributed by atoms with Crippen molar-refractivity contribution in [2.24, 2.45) is 4.99 Å². The molecule has 3 N–H and O–H groups in total. The number of H-pyrrole nitrogens is 1. The number of para-hydroxylation sites is 1. The van der Waals surface area contributed by atoms with Crippen LogP contribution in [-0.4, -0.2) is 56.0 Å².